The first kappa shape index (κ1) is 18.6. The van der Waals surface area contributed by atoms with Gasteiger partial charge in [0.1, 0.15) is 17.2 Å². The average molecular weight is 405 g/mol. The predicted octanol–water partition coefficient (Wildman–Crippen LogP) is 3.47. The normalized spacial score (nSPS) is 11.7. The Morgan fingerprint density at radius 2 is 1.97 bits per heavy atom. The van der Waals surface area contributed by atoms with E-state index in [-0.39, 0.29) is 29.3 Å². The van der Waals surface area contributed by atoms with Gasteiger partial charge in [-0.05, 0) is 18.2 Å². The molecule has 3 aromatic heterocycles. The molecule has 0 spiro atoms. The number of benzene rings is 1. The van der Waals surface area contributed by atoms with Crippen molar-refractivity contribution in [3.8, 4) is 11.4 Å². The average Bonchev–Trinajstić information content (AvgIpc) is 3.33. The van der Waals surface area contributed by atoms with Gasteiger partial charge in [0.05, 0.1) is 0 Å². The number of alkyl halides is 3. The van der Waals surface area contributed by atoms with Gasteiger partial charge in [0.2, 0.25) is 5.82 Å². The van der Waals surface area contributed by atoms with E-state index in [0.29, 0.717) is 5.56 Å². The SMILES string of the molecule is O=C(NCc1ccccc1F)c1cn2ccc(-c3noc(C(F)(F)F)n3)cc2n1. The summed E-state index contributed by atoms with van der Waals surface area (Å²) in [5.41, 5.74) is 0.907. The Hall–Kier alpha value is -3.76. The molecule has 3 heterocycles. The molecule has 29 heavy (non-hydrogen) atoms. The minimum atomic E-state index is -4.74. The molecule has 7 nitrogen and oxygen atoms in total. The second-order valence-corrected chi connectivity index (χ2v) is 6.00. The molecule has 1 N–H and O–H groups in total. The van der Waals surface area contributed by atoms with Crippen molar-refractivity contribution in [1.29, 1.82) is 0 Å². The molecule has 1 aromatic carbocycles. The van der Waals surface area contributed by atoms with Gasteiger partial charge in [0.25, 0.3) is 5.91 Å². The lowest BCUT2D eigenvalue weighted by molar-refractivity contribution is -0.159. The summed E-state index contributed by atoms with van der Waals surface area (Å²) < 4.78 is 57.2. The van der Waals surface area contributed by atoms with E-state index in [1.54, 1.807) is 18.2 Å². The van der Waals surface area contributed by atoms with Crippen molar-refractivity contribution in [2.45, 2.75) is 12.7 Å². The number of hydrogen-bond donors (Lipinski definition) is 1. The fourth-order valence-electron chi connectivity index (χ4n) is 2.59. The molecule has 148 valence electrons. The zero-order valence-corrected chi connectivity index (χ0v) is 14.4. The quantitative estimate of drug-likeness (QED) is 0.526. The van der Waals surface area contributed by atoms with Gasteiger partial charge in [-0.3, -0.25) is 4.79 Å². The van der Waals surface area contributed by atoms with E-state index in [4.69, 9.17) is 0 Å². The summed E-state index contributed by atoms with van der Waals surface area (Å²) in [6.45, 7) is -0.0201. The summed E-state index contributed by atoms with van der Waals surface area (Å²) in [6.07, 6.45) is -1.81. The van der Waals surface area contributed by atoms with Crippen molar-refractivity contribution >= 4 is 11.6 Å². The highest BCUT2D eigenvalue weighted by molar-refractivity contribution is 5.92. The van der Waals surface area contributed by atoms with Crippen LogP contribution in [0.25, 0.3) is 17.0 Å². The van der Waals surface area contributed by atoms with Gasteiger partial charge in [-0.1, -0.05) is 23.4 Å². The first-order chi connectivity index (χ1) is 13.8. The number of carbonyl (C=O) groups excluding carboxylic acids is 1. The number of carbonyl (C=O) groups is 1. The van der Waals surface area contributed by atoms with E-state index >= 15 is 0 Å². The molecule has 0 saturated carbocycles. The summed E-state index contributed by atoms with van der Waals surface area (Å²) in [5, 5.41) is 5.88. The Morgan fingerprint density at radius 3 is 2.69 bits per heavy atom. The topological polar surface area (TPSA) is 85.3 Å². The summed E-state index contributed by atoms with van der Waals surface area (Å²) in [6, 6.07) is 8.90. The number of nitrogens with one attached hydrogen (secondary N) is 1. The molecule has 11 heteroatoms. The van der Waals surface area contributed by atoms with Crippen LogP contribution in [0.2, 0.25) is 0 Å². The molecule has 4 aromatic rings. The molecule has 0 aliphatic rings. The van der Waals surface area contributed by atoms with Crippen LogP contribution in [0.4, 0.5) is 17.6 Å². The number of hydrogen-bond acceptors (Lipinski definition) is 5. The van der Waals surface area contributed by atoms with Crippen molar-refractivity contribution < 1.29 is 26.9 Å². The molecule has 0 saturated heterocycles. The number of nitrogens with zero attached hydrogens (tertiary/aromatic N) is 4. The largest absolute Gasteiger partial charge is 0.471 e. The highest BCUT2D eigenvalue weighted by Gasteiger charge is 2.38. The van der Waals surface area contributed by atoms with Crippen LogP contribution in [-0.4, -0.2) is 25.4 Å². The number of aromatic nitrogens is 4. The van der Waals surface area contributed by atoms with Crippen LogP contribution in [0.3, 0.4) is 0 Å². The number of halogens is 4. The van der Waals surface area contributed by atoms with Crippen LogP contribution in [0, 0.1) is 5.82 Å². The summed E-state index contributed by atoms with van der Waals surface area (Å²) in [5.74, 6) is -2.68. The van der Waals surface area contributed by atoms with E-state index in [9.17, 15) is 22.4 Å². The summed E-state index contributed by atoms with van der Waals surface area (Å²) >= 11 is 0. The van der Waals surface area contributed by atoms with E-state index in [1.807, 2.05) is 0 Å². The Kier molecular flexibility index (Phi) is 4.49. The van der Waals surface area contributed by atoms with Gasteiger partial charge in [0, 0.05) is 30.1 Å². The van der Waals surface area contributed by atoms with Gasteiger partial charge < -0.3 is 14.2 Å². The molecule has 0 bridgehead atoms. The molecule has 0 radical (unpaired) electrons. The smallest absolute Gasteiger partial charge is 0.346 e. The van der Waals surface area contributed by atoms with Gasteiger partial charge in [-0.25, -0.2) is 9.37 Å². The van der Waals surface area contributed by atoms with E-state index in [2.05, 4.69) is 25.0 Å². The van der Waals surface area contributed by atoms with Crippen molar-refractivity contribution in [3.63, 3.8) is 0 Å². The molecule has 0 fully saturated rings. The van der Waals surface area contributed by atoms with Crippen molar-refractivity contribution in [3.05, 3.63) is 71.8 Å². The molecule has 0 unspecified atom stereocenters. The Balaban J connectivity index is 1.54. The minimum absolute atomic E-state index is 0.0201. The maximum Gasteiger partial charge on any atom is 0.471 e. The minimum Gasteiger partial charge on any atom is -0.346 e. The molecule has 0 atom stereocenters. The first-order valence-electron chi connectivity index (χ1n) is 8.23. The summed E-state index contributed by atoms with van der Waals surface area (Å²) in [4.78, 5) is 19.7. The number of pyridine rings is 1. The first-order valence-corrected chi connectivity index (χ1v) is 8.23. The van der Waals surface area contributed by atoms with Crippen LogP contribution in [0.15, 0.2) is 53.3 Å². The van der Waals surface area contributed by atoms with E-state index in [1.165, 1.54) is 35.0 Å². The Morgan fingerprint density at radius 1 is 1.17 bits per heavy atom. The number of imidazole rings is 1. The van der Waals surface area contributed by atoms with E-state index < -0.39 is 23.8 Å². The Bertz CT molecular complexity index is 1200. The van der Waals surface area contributed by atoms with E-state index in [0.717, 1.165) is 0 Å². The highest BCUT2D eigenvalue weighted by Crippen LogP contribution is 2.29. The zero-order chi connectivity index (χ0) is 20.6. The van der Waals surface area contributed by atoms with Gasteiger partial charge in [-0.15, -0.1) is 0 Å². The van der Waals surface area contributed by atoms with Crippen molar-refractivity contribution in [2.24, 2.45) is 0 Å². The fourth-order valence-corrected chi connectivity index (χ4v) is 2.59. The molecule has 0 aliphatic carbocycles. The number of amides is 1. The molecular formula is C18H11F4N5O2. The second-order valence-electron chi connectivity index (χ2n) is 6.00. The fraction of sp³-hybridized carbons (Fsp3) is 0.111. The summed E-state index contributed by atoms with van der Waals surface area (Å²) in [7, 11) is 0. The lowest BCUT2D eigenvalue weighted by Crippen LogP contribution is -2.23. The van der Waals surface area contributed by atoms with Crippen molar-refractivity contribution in [2.75, 3.05) is 0 Å². The third-order valence-corrected chi connectivity index (χ3v) is 4.02. The molecule has 0 aliphatic heterocycles. The number of rotatable bonds is 4. The Labute approximate surface area is 160 Å². The van der Waals surface area contributed by atoms with Crippen LogP contribution >= 0.6 is 0 Å². The number of fused-ring (bicyclic) bond motifs is 1. The van der Waals surface area contributed by atoms with Crippen LogP contribution in [0.1, 0.15) is 21.9 Å². The maximum atomic E-state index is 13.6. The lowest BCUT2D eigenvalue weighted by atomic mass is 10.2. The van der Waals surface area contributed by atoms with Gasteiger partial charge in [0.15, 0.2) is 0 Å². The third-order valence-electron chi connectivity index (χ3n) is 4.02. The monoisotopic (exact) mass is 405 g/mol. The highest BCUT2D eigenvalue weighted by atomic mass is 19.4. The van der Waals surface area contributed by atoms with Crippen LogP contribution < -0.4 is 5.32 Å². The molecule has 1 amide bonds. The molecular weight excluding hydrogens is 394 g/mol. The predicted molar refractivity (Wildman–Crippen MR) is 91.1 cm³/mol. The third kappa shape index (κ3) is 3.79. The maximum absolute atomic E-state index is 13.6. The second kappa shape index (κ2) is 7.00. The van der Waals surface area contributed by atoms with Gasteiger partial charge in [-0.2, -0.15) is 18.2 Å². The van der Waals surface area contributed by atoms with Crippen molar-refractivity contribution in [1.82, 2.24) is 24.8 Å². The lowest BCUT2D eigenvalue weighted by Gasteiger charge is -2.04. The molecule has 4 rings (SSSR count). The zero-order valence-electron chi connectivity index (χ0n) is 14.4. The van der Waals surface area contributed by atoms with Gasteiger partial charge >= 0.3 is 12.1 Å². The van der Waals surface area contributed by atoms with Crippen LogP contribution in [-0.2, 0) is 12.7 Å². The van der Waals surface area contributed by atoms with Crippen LogP contribution in [0.5, 0.6) is 0 Å². The standard InChI is InChI=1S/C18H11F4N5O2/c19-12-4-2-1-3-11(12)8-23-16(28)13-9-27-6-5-10(7-14(27)24-13)15-25-17(29-26-15)18(20,21)22/h1-7,9H,8H2,(H,23,28).